The van der Waals surface area contributed by atoms with Crippen molar-refractivity contribution in [3.63, 3.8) is 0 Å². The van der Waals surface area contributed by atoms with E-state index in [1.54, 1.807) is 35.9 Å². The molecule has 0 atom stereocenters. The van der Waals surface area contributed by atoms with Crippen molar-refractivity contribution in [1.29, 1.82) is 0 Å². The highest BCUT2D eigenvalue weighted by molar-refractivity contribution is 7.18. The van der Waals surface area contributed by atoms with Crippen LogP contribution in [-0.2, 0) is 6.54 Å². The van der Waals surface area contributed by atoms with Gasteiger partial charge in [0, 0.05) is 44.1 Å². The third kappa shape index (κ3) is 3.70. The Hall–Kier alpha value is -2.31. The molecule has 0 aliphatic carbocycles. The number of hydrogen-bond donors (Lipinski definition) is 0. The lowest BCUT2D eigenvalue weighted by Crippen LogP contribution is -2.35. The van der Waals surface area contributed by atoms with E-state index in [0.29, 0.717) is 0 Å². The summed E-state index contributed by atoms with van der Waals surface area (Å²) in [5, 5.41) is 1.15. The van der Waals surface area contributed by atoms with E-state index in [1.165, 1.54) is 4.70 Å². The molecule has 1 aromatic carbocycles. The number of amides is 1. The van der Waals surface area contributed by atoms with E-state index < -0.39 is 0 Å². The lowest BCUT2D eigenvalue weighted by molar-refractivity contribution is 0.0761. The number of aromatic nitrogens is 2. The van der Waals surface area contributed by atoms with Crippen molar-refractivity contribution in [2.24, 2.45) is 0 Å². The number of pyridine rings is 1. The van der Waals surface area contributed by atoms with Crippen molar-refractivity contribution in [2.45, 2.75) is 13.0 Å². The van der Waals surface area contributed by atoms with E-state index in [2.05, 4.69) is 28.1 Å². The van der Waals surface area contributed by atoms with E-state index in [4.69, 9.17) is 4.98 Å². The Balaban J connectivity index is 1.40. The number of carbonyl (C=O) groups excluding carboxylic acids is 1. The normalized spacial score (nSPS) is 16.1. The van der Waals surface area contributed by atoms with Crippen molar-refractivity contribution in [3.8, 4) is 0 Å². The van der Waals surface area contributed by atoms with Crippen molar-refractivity contribution in [1.82, 2.24) is 19.8 Å². The van der Waals surface area contributed by atoms with Gasteiger partial charge in [0.1, 0.15) is 5.01 Å². The van der Waals surface area contributed by atoms with Gasteiger partial charge in [-0.3, -0.25) is 14.7 Å². The highest BCUT2D eigenvalue weighted by Gasteiger charge is 2.21. The average Bonchev–Trinajstić information content (AvgIpc) is 2.92. The van der Waals surface area contributed by atoms with Crippen LogP contribution in [0.5, 0.6) is 0 Å². The number of benzene rings is 1. The predicted octanol–water partition coefficient (Wildman–Crippen LogP) is 3.04. The molecule has 0 radical (unpaired) electrons. The molecular formula is C19H20N4OS. The topological polar surface area (TPSA) is 49.3 Å². The van der Waals surface area contributed by atoms with Gasteiger partial charge in [0.15, 0.2) is 0 Å². The van der Waals surface area contributed by atoms with Gasteiger partial charge >= 0.3 is 0 Å². The SMILES string of the molecule is O=C(c1ccncc1)N1CCCN(Cc2nc3ccccc3s2)CC1. The zero-order valence-electron chi connectivity index (χ0n) is 14.0. The summed E-state index contributed by atoms with van der Waals surface area (Å²) in [6.45, 7) is 4.29. The molecule has 0 bridgehead atoms. The van der Waals surface area contributed by atoms with Crippen LogP contribution in [0.2, 0.25) is 0 Å². The Kier molecular flexibility index (Phi) is 4.72. The fraction of sp³-hybridized carbons (Fsp3) is 0.316. The van der Waals surface area contributed by atoms with Crippen molar-refractivity contribution >= 4 is 27.5 Å². The highest BCUT2D eigenvalue weighted by Crippen LogP contribution is 2.23. The molecule has 128 valence electrons. The molecule has 1 saturated heterocycles. The minimum atomic E-state index is 0.101. The maximum atomic E-state index is 12.6. The molecule has 0 saturated carbocycles. The summed E-state index contributed by atoms with van der Waals surface area (Å²) in [5.41, 5.74) is 1.79. The summed E-state index contributed by atoms with van der Waals surface area (Å²) in [6, 6.07) is 11.8. The highest BCUT2D eigenvalue weighted by atomic mass is 32.1. The van der Waals surface area contributed by atoms with Gasteiger partial charge in [-0.1, -0.05) is 12.1 Å². The first-order valence-corrected chi connectivity index (χ1v) is 9.37. The Morgan fingerprint density at radius 1 is 1.04 bits per heavy atom. The van der Waals surface area contributed by atoms with E-state index in [0.717, 1.165) is 55.2 Å². The largest absolute Gasteiger partial charge is 0.337 e. The summed E-state index contributed by atoms with van der Waals surface area (Å²) >= 11 is 1.76. The van der Waals surface area contributed by atoms with Crippen molar-refractivity contribution < 1.29 is 4.79 Å². The standard InChI is InChI=1S/C19H20N4OS/c24-19(15-6-8-20-9-7-15)23-11-3-10-22(12-13-23)14-18-21-16-4-1-2-5-17(16)25-18/h1-2,4-9H,3,10-14H2. The summed E-state index contributed by atoms with van der Waals surface area (Å²) in [5.74, 6) is 0.101. The maximum Gasteiger partial charge on any atom is 0.254 e. The van der Waals surface area contributed by atoms with Gasteiger partial charge in [-0.15, -0.1) is 11.3 Å². The smallest absolute Gasteiger partial charge is 0.254 e. The van der Waals surface area contributed by atoms with Gasteiger partial charge < -0.3 is 4.90 Å². The molecule has 0 unspecified atom stereocenters. The van der Waals surface area contributed by atoms with Gasteiger partial charge in [0.2, 0.25) is 0 Å². The van der Waals surface area contributed by atoms with Gasteiger partial charge in [-0.25, -0.2) is 4.98 Å². The molecule has 0 N–H and O–H groups in total. The Labute approximate surface area is 150 Å². The maximum absolute atomic E-state index is 12.6. The van der Waals surface area contributed by atoms with E-state index in [9.17, 15) is 4.79 Å². The number of para-hydroxylation sites is 1. The van der Waals surface area contributed by atoms with Crippen LogP contribution in [0.1, 0.15) is 21.8 Å². The van der Waals surface area contributed by atoms with Crippen LogP contribution in [-0.4, -0.2) is 51.9 Å². The second-order valence-electron chi connectivity index (χ2n) is 6.23. The zero-order valence-corrected chi connectivity index (χ0v) is 14.8. The first-order chi connectivity index (χ1) is 12.3. The summed E-state index contributed by atoms with van der Waals surface area (Å²) in [7, 11) is 0. The molecule has 1 aliphatic rings. The fourth-order valence-electron chi connectivity index (χ4n) is 3.19. The predicted molar refractivity (Wildman–Crippen MR) is 99.7 cm³/mol. The van der Waals surface area contributed by atoms with E-state index in [1.807, 2.05) is 11.0 Å². The van der Waals surface area contributed by atoms with Crippen LogP contribution >= 0.6 is 11.3 Å². The Morgan fingerprint density at radius 2 is 1.88 bits per heavy atom. The lowest BCUT2D eigenvalue weighted by atomic mass is 10.2. The number of rotatable bonds is 3. The number of fused-ring (bicyclic) bond motifs is 1. The molecule has 25 heavy (non-hydrogen) atoms. The van der Waals surface area contributed by atoms with Gasteiger partial charge in [0.25, 0.3) is 5.91 Å². The van der Waals surface area contributed by atoms with Crippen LogP contribution in [0, 0.1) is 0 Å². The quantitative estimate of drug-likeness (QED) is 0.727. The van der Waals surface area contributed by atoms with Crippen LogP contribution < -0.4 is 0 Å². The van der Waals surface area contributed by atoms with E-state index >= 15 is 0 Å². The molecule has 3 heterocycles. The van der Waals surface area contributed by atoms with Crippen LogP contribution in [0.15, 0.2) is 48.8 Å². The Bertz CT molecular complexity index is 831. The third-order valence-electron chi connectivity index (χ3n) is 4.50. The number of carbonyl (C=O) groups is 1. The van der Waals surface area contributed by atoms with Gasteiger partial charge in [-0.05, 0) is 30.7 Å². The monoisotopic (exact) mass is 352 g/mol. The number of nitrogens with zero attached hydrogens (tertiary/aromatic N) is 4. The summed E-state index contributed by atoms with van der Waals surface area (Å²) in [4.78, 5) is 25.7. The second kappa shape index (κ2) is 7.29. The molecule has 6 heteroatoms. The molecule has 1 aliphatic heterocycles. The van der Waals surface area contributed by atoms with Gasteiger partial charge in [-0.2, -0.15) is 0 Å². The second-order valence-corrected chi connectivity index (χ2v) is 7.35. The fourth-order valence-corrected chi connectivity index (χ4v) is 4.20. The number of thiazole rings is 1. The Morgan fingerprint density at radius 3 is 2.72 bits per heavy atom. The molecular weight excluding hydrogens is 332 g/mol. The van der Waals surface area contributed by atoms with Gasteiger partial charge in [0.05, 0.1) is 16.8 Å². The lowest BCUT2D eigenvalue weighted by Gasteiger charge is -2.21. The molecule has 5 nitrogen and oxygen atoms in total. The molecule has 0 spiro atoms. The first kappa shape index (κ1) is 16.2. The van der Waals surface area contributed by atoms with Crippen LogP contribution in [0.4, 0.5) is 0 Å². The molecule has 4 rings (SSSR count). The first-order valence-electron chi connectivity index (χ1n) is 8.56. The van der Waals surface area contributed by atoms with Crippen molar-refractivity contribution in [3.05, 3.63) is 59.4 Å². The zero-order chi connectivity index (χ0) is 17.1. The molecule has 1 amide bonds. The minimum Gasteiger partial charge on any atom is -0.337 e. The van der Waals surface area contributed by atoms with Crippen LogP contribution in [0.3, 0.4) is 0 Å². The average molecular weight is 352 g/mol. The number of hydrogen-bond acceptors (Lipinski definition) is 5. The van der Waals surface area contributed by atoms with Crippen LogP contribution in [0.25, 0.3) is 10.2 Å². The van der Waals surface area contributed by atoms with E-state index in [-0.39, 0.29) is 5.91 Å². The molecule has 3 aromatic rings. The molecule has 2 aromatic heterocycles. The van der Waals surface area contributed by atoms with Crippen molar-refractivity contribution in [2.75, 3.05) is 26.2 Å². The molecule has 1 fully saturated rings. The summed E-state index contributed by atoms with van der Waals surface area (Å²) in [6.07, 6.45) is 4.33. The minimum absolute atomic E-state index is 0.101. The summed E-state index contributed by atoms with van der Waals surface area (Å²) < 4.78 is 1.24. The third-order valence-corrected chi connectivity index (χ3v) is 5.52.